The van der Waals surface area contributed by atoms with Crippen LogP contribution in [0.3, 0.4) is 0 Å². The number of aryl methyl sites for hydroxylation is 1. The Labute approximate surface area is 123 Å². The van der Waals surface area contributed by atoms with Gasteiger partial charge in [-0.05, 0) is 54.0 Å². The van der Waals surface area contributed by atoms with Crippen LogP contribution >= 0.6 is 15.9 Å². The molecule has 0 saturated carbocycles. The third-order valence-corrected chi connectivity index (χ3v) is 4.23. The van der Waals surface area contributed by atoms with Crippen LogP contribution in [0.25, 0.3) is 11.3 Å². The summed E-state index contributed by atoms with van der Waals surface area (Å²) in [5.41, 5.74) is 2.33. The monoisotopic (exact) mass is 321 g/mol. The van der Waals surface area contributed by atoms with Crippen molar-refractivity contribution in [3.8, 4) is 11.3 Å². The number of hydrogen-bond donors (Lipinski definition) is 1. The molecule has 0 saturated heterocycles. The maximum atomic E-state index is 5.95. The summed E-state index contributed by atoms with van der Waals surface area (Å²) in [6.45, 7) is 7.37. The van der Waals surface area contributed by atoms with Crippen LogP contribution in [-0.4, -0.2) is 12.6 Å². The summed E-state index contributed by atoms with van der Waals surface area (Å²) in [4.78, 5) is 0. The molecule has 19 heavy (non-hydrogen) atoms. The number of halogens is 1. The smallest absolute Gasteiger partial charge is 0.135 e. The molecule has 0 spiro atoms. The molecule has 2 rings (SSSR count). The van der Waals surface area contributed by atoms with Crippen molar-refractivity contribution in [1.29, 1.82) is 0 Å². The van der Waals surface area contributed by atoms with Crippen LogP contribution in [0.2, 0.25) is 0 Å². The van der Waals surface area contributed by atoms with Gasteiger partial charge in [0.25, 0.3) is 0 Å². The Morgan fingerprint density at radius 2 is 2.05 bits per heavy atom. The van der Waals surface area contributed by atoms with E-state index in [1.807, 2.05) is 6.07 Å². The number of rotatable bonds is 5. The van der Waals surface area contributed by atoms with E-state index in [1.54, 1.807) is 0 Å². The van der Waals surface area contributed by atoms with Gasteiger partial charge in [0.05, 0.1) is 0 Å². The third kappa shape index (κ3) is 3.48. The molecule has 0 amide bonds. The topological polar surface area (TPSA) is 25.2 Å². The zero-order valence-electron chi connectivity index (χ0n) is 11.7. The number of hydrogen-bond acceptors (Lipinski definition) is 2. The van der Waals surface area contributed by atoms with E-state index in [1.165, 1.54) is 5.56 Å². The lowest BCUT2D eigenvalue weighted by Crippen LogP contribution is -2.27. The van der Waals surface area contributed by atoms with Gasteiger partial charge in [-0.3, -0.25) is 0 Å². The number of nitrogens with one attached hydrogen (secondary N) is 1. The average Bonchev–Trinajstić information content (AvgIpc) is 2.81. The molecule has 3 heteroatoms. The first kappa shape index (κ1) is 14.4. The molecule has 0 bridgehead atoms. The fourth-order valence-electron chi connectivity index (χ4n) is 2.19. The molecule has 0 radical (unpaired) electrons. The van der Waals surface area contributed by atoms with Crippen molar-refractivity contribution in [1.82, 2.24) is 5.32 Å². The predicted octanol–water partition coefficient (Wildman–Crippen LogP) is 4.56. The van der Waals surface area contributed by atoms with Crippen molar-refractivity contribution >= 4 is 15.9 Å². The Balaban J connectivity index is 2.19. The standard InChI is InChI=1S/C16H20BrNO/c1-4-18-12(3)10-13-8-9-15(19-13)14-7-5-6-11(2)16(14)17/h5-9,12,18H,4,10H2,1-3H3. The molecule has 1 aromatic carbocycles. The van der Waals surface area contributed by atoms with Gasteiger partial charge in [0.2, 0.25) is 0 Å². The highest BCUT2D eigenvalue weighted by Gasteiger charge is 2.11. The molecule has 1 aromatic heterocycles. The third-order valence-electron chi connectivity index (χ3n) is 3.18. The van der Waals surface area contributed by atoms with E-state index in [0.717, 1.165) is 34.5 Å². The lowest BCUT2D eigenvalue weighted by Gasteiger charge is -2.09. The van der Waals surface area contributed by atoms with Crippen molar-refractivity contribution < 1.29 is 4.42 Å². The minimum absolute atomic E-state index is 0.435. The first-order valence-corrected chi connectivity index (χ1v) is 7.48. The largest absolute Gasteiger partial charge is 0.461 e. The molecule has 1 N–H and O–H groups in total. The molecule has 1 atom stereocenters. The van der Waals surface area contributed by atoms with Crippen LogP contribution in [0, 0.1) is 6.92 Å². The van der Waals surface area contributed by atoms with E-state index in [-0.39, 0.29) is 0 Å². The van der Waals surface area contributed by atoms with Gasteiger partial charge < -0.3 is 9.73 Å². The number of furan rings is 1. The normalized spacial score (nSPS) is 12.6. The Morgan fingerprint density at radius 1 is 1.26 bits per heavy atom. The maximum Gasteiger partial charge on any atom is 0.135 e. The second-order valence-corrected chi connectivity index (χ2v) is 5.66. The molecular weight excluding hydrogens is 302 g/mol. The number of benzene rings is 1. The van der Waals surface area contributed by atoms with Crippen molar-refractivity contribution in [3.63, 3.8) is 0 Å². The summed E-state index contributed by atoms with van der Waals surface area (Å²) in [6.07, 6.45) is 0.914. The highest BCUT2D eigenvalue weighted by molar-refractivity contribution is 9.10. The minimum Gasteiger partial charge on any atom is -0.461 e. The Bertz CT molecular complexity index is 547. The summed E-state index contributed by atoms with van der Waals surface area (Å²) in [5.74, 6) is 1.95. The van der Waals surface area contributed by atoms with Gasteiger partial charge in [0.15, 0.2) is 0 Å². The molecule has 0 aliphatic rings. The molecule has 102 valence electrons. The van der Waals surface area contributed by atoms with Gasteiger partial charge in [-0.25, -0.2) is 0 Å². The van der Waals surface area contributed by atoms with E-state index in [0.29, 0.717) is 6.04 Å². The predicted molar refractivity (Wildman–Crippen MR) is 83.4 cm³/mol. The van der Waals surface area contributed by atoms with Crippen molar-refractivity contribution in [2.24, 2.45) is 0 Å². The van der Waals surface area contributed by atoms with E-state index in [2.05, 4.69) is 66.3 Å². The summed E-state index contributed by atoms with van der Waals surface area (Å²) in [5, 5.41) is 3.39. The fraction of sp³-hybridized carbons (Fsp3) is 0.375. The molecule has 1 unspecified atom stereocenters. The van der Waals surface area contributed by atoms with Crippen LogP contribution < -0.4 is 5.32 Å². The maximum absolute atomic E-state index is 5.95. The van der Waals surface area contributed by atoms with E-state index >= 15 is 0 Å². The lowest BCUT2D eigenvalue weighted by atomic mass is 10.1. The van der Waals surface area contributed by atoms with Gasteiger partial charge >= 0.3 is 0 Å². The molecule has 1 heterocycles. The van der Waals surface area contributed by atoms with E-state index in [9.17, 15) is 0 Å². The van der Waals surface area contributed by atoms with Crippen molar-refractivity contribution in [3.05, 3.63) is 46.1 Å². The van der Waals surface area contributed by atoms with Gasteiger partial charge in [-0.1, -0.05) is 25.1 Å². The second kappa shape index (κ2) is 6.40. The van der Waals surface area contributed by atoms with Crippen LogP contribution in [0.5, 0.6) is 0 Å². The van der Waals surface area contributed by atoms with Crippen LogP contribution in [0.4, 0.5) is 0 Å². The highest BCUT2D eigenvalue weighted by atomic mass is 79.9. The molecule has 2 nitrogen and oxygen atoms in total. The highest BCUT2D eigenvalue weighted by Crippen LogP contribution is 2.32. The van der Waals surface area contributed by atoms with E-state index < -0.39 is 0 Å². The zero-order chi connectivity index (χ0) is 13.8. The first-order chi connectivity index (χ1) is 9.11. The Kier molecular flexibility index (Phi) is 4.83. The van der Waals surface area contributed by atoms with Gasteiger partial charge in [0, 0.05) is 22.5 Å². The fourth-order valence-corrected chi connectivity index (χ4v) is 2.65. The van der Waals surface area contributed by atoms with Gasteiger partial charge in [-0.15, -0.1) is 0 Å². The number of likely N-dealkylation sites (N-methyl/N-ethyl adjacent to an activating group) is 1. The van der Waals surface area contributed by atoms with Crippen LogP contribution in [0.15, 0.2) is 39.2 Å². The summed E-state index contributed by atoms with van der Waals surface area (Å²) >= 11 is 3.63. The molecule has 0 aliphatic heterocycles. The van der Waals surface area contributed by atoms with Gasteiger partial charge in [0.1, 0.15) is 11.5 Å². The summed E-state index contributed by atoms with van der Waals surface area (Å²) < 4.78 is 7.06. The molecule has 0 aliphatic carbocycles. The Hall–Kier alpha value is -1.06. The van der Waals surface area contributed by atoms with Crippen molar-refractivity contribution in [2.45, 2.75) is 33.2 Å². The second-order valence-electron chi connectivity index (χ2n) is 4.87. The van der Waals surface area contributed by atoms with Crippen LogP contribution in [-0.2, 0) is 6.42 Å². The molecule has 2 aromatic rings. The summed E-state index contributed by atoms with van der Waals surface area (Å²) in [6, 6.07) is 10.8. The quantitative estimate of drug-likeness (QED) is 0.873. The molecule has 0 fully saturated rings. The summed E-state index contributed by atoms with van der Waals surface area (Å²) in [7, 11) is 0. The van der Waals surface area contributed by atoms with Crippen molar-refractivity contribution in [2.75, 3.05) is 6.54 Å². The van der Waals surface area contributed by atoms with Crippen LogP contribution in [0.1, 0.15) is 25.2 Å². The first-order valence-electron chi connectivity index (χ1n) is 6.69. The Morgan fingerprint density at radius 3 is 2.79 bits per heavy atom. The lowest BCUT2D eigenvalue weighted by molar-refractivity contribution is 0.470. The van der Waals surface area contributed by atoms with Gasteiger partial charge in [-0.2, -0.15) is 0 Å². The van der Waals surface area contributed by atoms with E-state index in [4.69, 9.17) is 4.42 Å². The SMILES string of the molecule is CCNC(C)Cc1ccc(-c2cccc(C)c2Br)o1. The average molecular weight is 322 g/mol. The molecular formula is C16H20BrNO. The zero-order valence-corrected chi connectivity index (χ0v) is 13.3. The minimum atomic E-state index is 0.435.